The number of nitrogens with one attached hydrogen (secondary N) is 2. The molecule has 9 heteroatoms. The lowest BCUT2D eigenvalue weighted by atomic mass is 9.88. The van der Waals surface area contributed by atoms with Crippen molar-refractivity contribution in [1.29, 1.82) is 0 Å². The van der Waals surface area contributed by atoms with Gasteiger partial charge in [0.2, 0.25) is 5.91 Å². The number of fused-ring (bicyclic) bond motifs is 3. The van der Waals surface area contributed by atoms with Gasteiger partial charge in [-0.3, -0.25) is 14.8 Å². The molecule has 2 aliphatic carbocycles. The Hall–Kier alpha value is -2.78. The Morgan fingerprint density at radius 3 is 2.91 bits per heavy atom. The molecule has 0 spiro atoms. The first-order valence-corrected chi connectivity index (χ1v) is 12.1. The van der Waals surface area contributed by atoms with E-state index in [9.17, 15) is 4.79 Å². The van der Waals surface area contributed by atoms with Crippen molar-refractivity contribution in [3.8, 4) is 11.5 Å². The second-order valence-electron chi connectivity index (χ2n) is 10.5. The van der Waals surface area contributed by atoms with Crippen molar-refractivity contribution in [1.82, 2.24) is 25.1 Å². The zero-order valence-electron chi connectivity index (χ0n) is 20.2. The number of aromatic amines is 2. The van der Waals surface area contributed by atoms with E-state index < -0.39 is 5.82 Å². The Morgan fingerprint density at radius 2 is 2.15 bits per heavy atom. The van der Waals surface area contributed by atoms with Crippen LogP contribution in [0, 0.1) is 24.1 Å². The highest BCUT2D eigenvalue weighted by Crippen LogP contribution is 2.59. The molecule has 6 rings (SSSR count). The van der Waals surface area contributed by atoms with Crippen LogP contribution in [-0.4, -0.2) is 70.4 Å². The maximum absolute atomic E-state index is 15.5. The molecule has 3 aliphatic rings. The molecule has 1 unspecified atom stereocenters. The quantitative estimate of drug-likeness (QED) is 0.616. The van der Waals surface area contributed by atoms with E-state index in [4.69, 9.17) is 9.72 Å². The fourth-order valence-electron chi connectivity index (χ4n) is 5.80. The molecule has 3 heterocycles. The first kappa shape index (κ1) is 21.7. The first-order valence-electron chi connectivity index (χ1n) is 12.1. The van der Waals surface area contributed by atoms with E-state index in [0.717, 1.165) is 18.5 Å². The number of halogens is 1. The highest BCUT2D eigenvalue weighted by molar-refractivity contribution is 5.99. The molecule has 8 nitrogen and oxygen atoms in total. The summed E-state index contributed by atoms with van der Waals surface area (Å²) in [5.74, 6) is 0.785. The molecule has 180 valence electrons. The first-order chi connectivity index (χ1) is 16.3. The topological polar surface area (TPSA) is 90.1 Å². The summed E-state index contributed by atoms with van der Waals surface area (Å²) in [5, 5.41) is 7.78. The van der Waals surface area contributed by atoms with Gasteiger partial charge in [-0.1, -0.05) is 6.92 Å². The van der Waals surface area contributed by atoms with Crippen molar-refractivity contribution >= 4 is 22.6 Å². The summed E-state index contributed by atoms with van der Waals surface area (Å²) in [6, 6.07) is 1.33. The number of amides is 1. The number of aryl methyl sites for hydroxylation is 1. The predicted molar refractivity (Wildman–Crippen MR) is 127 cm³/mol. The van der Waals surface area contributed by atoms with Crippen LogP contribution >= 0.6 is 0 Å². The van der Waals surface area contributed by atoms with Gasteiger partial charge in [-0.2, -0.15) is 5.10 Å². The van der Waals surface area contributed by atoms with E-state index in [0.29, 0.717) is 60.1 Å². The summed E-state index contributed by atoms with van der Waals surface area (Å²) in [7, 11) is 1.64. The average Bonchev–Trinajstić information content (AvgIpc) is 3.13. The van der Waals surface area contributed by atoms with Gasteiger partial charge in [-0.25, -0.2) is 9.37 Å². The molecule has 1 saturated carbocycles. The molecule has 2 fully saturated rings. The Kier molecular flexibility index (Phi) is 4.87. The van der Waals surface area contributed by atoms with Gasteiger partial charge >= 0.3 is 0 Å². The number of anilines is 1. The molecule has 3 aromatic rings. The number of rotatable bonds is 4. The number of hydrogen-bond acceptors (Lipinski definition) is 5. The summed E-state index contributed by atoms with van der Waals surface area (Å²) >= 11 is 0. The van der Waals surface area contributed by atoms with Gasteiger partial charge < -0.3 is 14.6 Å². The zero-order valence-corrected chi connectivity index (χ0v) is 20.2. The van der Waals surface area contributed by atoms with Crippen LogP contribution in [0.1, 0.15) is 37.1 Å². The number of ether oxygens (including phenoxy) is 1. The van der Waals surface area contributed by atoms with Crippen LogP contribution < -0.4 is 4.90 Å². The lowest BCUT2D eigenvalue weighted by Gasteiger charge is -2.33. The molecule has 3 atom stereocenters. The van der Waals surface area contributed by atoms with Gasteiger partial charge in [0.15, 0.2) is 11.6 Å². The maximum Gasteiger partial charge on any atom is 0.243 e. The van der Waals surface area contributed by atoms with Crippen molar-refractivity contribution < 1.29 is 13.9 Å². The molecule has 0 radical (unpaired) electrons. The molecule has 34 heavy (non-hydrogen) atoms. The van der Waals surface area contributed by atoms with E-state index >= 15 is 4.39 Å². The van der Waals surface area contributed by atoms with Crippen molar-refractivity contribution in [2.75, 3.05) is 38.3 Å². The van der Waals surface area contributed by atoms with Crippen molar-refractivity contribution in [2.24, 2.45) is 11.3 Å². The van der Waals surface area contributed by atoms with Gasteiger partial charge in [0.25, 0.3) is 0 Å². The van der Waals surface area contributed by atoms with Gasteiger partial charge in [-0.05, 0) is 50.5 Å². The van der Waals surface area contributed by atoms with E-state index in [1.807, 2.05) is 6.92 Å². The van der Waals surface area contributed by atoms with Crippen LogP contribution in [0.5, 0.6) is 0 Å². The van der Waals surface area contributed by atoms with E-state index in [-0.39, 0.29) is 17.6 Å². The second-order valence-corrected chi connectivity index (χ2v) is 10.5. The summed E-state index contributed by atoms with van der Waals surface area (Å²) in [6.45, 7) is 8.52. The minimum Gasteiger partial charge on any atom is -0.379 e. The Balaban J connectivity index is 1.33. The van der Waals surface area contributed by atoms with Crippen LogP contribution in [-0.2, 0) is 22.4 Å². The highest BCUT2D eigenvalue weighted by Gasteiger charge is 2.53. The van der Waals surface area contributed by atoms with Gasteiger partial charge in [-0.15, -0.1) is 0 Å². The molecule has 2 aromatic heterocycles. The third-order valence-electron chi connectivity index (χ3n) is 8.31. The van der Waals surface area contributed by atoms with E-state index in [1.54, 1.807) is 20.0 Å². The molecule has 0 bridgehead atoms. The average molecular weight is 467 g/mol. The minimum absolute atomic E-state index is 0.145. The number of benzene rings is 1. The number of nitrogens with zero attached hydrogens (tertiary/aromatic N) is 4. The molecule has 1 aliphatic heterocycles. The van der Waals surface area contributed by atoms with Crippen molar-refractivity contribution in [3.63, 3.8) is 0 Å². The molecular formula is C25H31FN6O2. The molecule has 1 saturated heterocycles. The van der Waals surface area contributed by atoms with E-state index in [2.05, 4.69) is 27.0 Å². The van der Waals surface area contributed by atoms with Crippen LogP contribution in [0.25, 0.3) is 22.6 Å². The minimum atomic E-state index is -0.423. The number of morpholine rings is 1. The molecular weight excluding hydrogens is 435 g/mol. The Morgan fingerprint density at radius 1 is 1.38 bits per heavy atom. The van der Waals surface area contributed by atoms with Gasteiger partial charge in [0.05, 0.1) is 36.0 Å². The van der Waals surface area contributed by atoms with Crippen molar-refractivity contribution in [2.45, 2.75) is 46.1 Å². The summed E-state index contributed by atoms with van der Waals surface area (Å²) < 4.78 is 20.9. The predicted octanol–water partition coefficient (Wildman–Crippen LogP) is 3.21. The number of imidazole rings is 1. The lowest BCUT2D eigenvalue weighted by Crippen LogP contribution is -2.50. The molecule has 2 N–H and O–H groups in total. The van der Waals surface area contributed by atoms with Gasteiger partial charge in [0.1, 0.15) is 5.69 Å². The van der Waals surface area contributed by atoms with Crippen LogP contribution in [0.2, 0.25) is 0 Å². The Labute approximate surface area is 197 Å². The smallest absolute Gasteiger partial charge is 0.243 e. The van der Waals surface area contributed by atoms with Crippen LogP contribution in [0.3, 0.4) is 0 Å². The Bertz CT molecular complexity index is 1290. The van der Waals surface area contributed by atoms with Crippen LogP contribution in [0.4, 0.5) is 10.1 Å². The SMILES string of the molecule is Cc1c(F)c(N(C)C(=O)C(C)N2CCOCC2)cc2[nH]c(-c3n[nH]c4c3C[C@@H]3C[C@]3(C)C4)nc12. The number of aromatic nitrogens is 4. The van der Waals surface area contributed by atoms with E-state index in [1.165, 1.54) is 22.6 Å². The third kappa shape index (κ3) is 3.28. The summed E-state index contributed by atoms with van der Waals surface area (Å²) in [5.41, 5.74) is 5.60. The number of carbonyl (C=O) groups excluding carboxylic acids is 1. The second kappa shape index (κ2) is 7.61. The van der Waals surface area contributed by atoms with Gasteiger partial charge in [0, 0.05) is 37.0 Å². The lowest BCUT2D eigenvalue weighted by molar-refractivity contribution is -0.124. The fourth-order valence-corrected chi connectivity index (χ4v) is 5.80. The van der Waals surface area contributed by atoms with Crippen molar-refractivity contribution in [3.05, 3.63) is 28.7 Å². The highest BCUT2D eigenvalue weighted by atomic mass is 19.1. The number of hydrogen-bond donors (Lipinski definition) is 2. The molecule has 1 amide bonds. The number of likely N-dealkylation sites (N-methyl/N-ethyl adjacent to an activating group) is 1. The standard InChI is InChI=1S/C25H31FN6O2/c1-13-20(26)19(31(4)24(33)14(2)32-5-7-34-8-6-32)10-17-21(13)28-23(27-17)22-16-9-15-11-25(15,3)12-18(16)29-30-22/h10,14-15H,5-9,11-12H2,1-4H3,(H,27,28)(H,29,30)/t14?,15-,25-/m1/s1. The molecule has 1 aromatic carbocycles. The summed E-state index contributed by atoms with van der Waals surface area (Å²) in [6.07, 6.45) is 3.28. The fraction of sp³-hybridized carbons (Fsp3) is 0.560. The number of carbonyl (C=O) groups is 1. The largest absolute Gasteiger partial charge is 0.379 e. The monoisotopic (exact) mass is 466 g/mol. The normalized spacial score (nSPS) is 25.1. The zero-order chi connectivity index (χ0) is 23.8. The number of H-pyrrole nitrogens is 2. The van der Waals surface area contributed by atoms with Crippen LogP contribution in [0.15, 0.2) is 6.07 Å². The maximum atomic E-state index is 15.5. The third-order valence-corrected chi connectivity index (χ3v) is 8.31. The summed E-state index contributed by atoms with van der Waals surface area (Å²) in [4.78, 5) is 24.8.